The van der Waals surface area contributed by atoms with Crippen molar-refractivity contribution < 1.29 is 18.7 Å². The van der Waals surface area contributed by atoms with Crippen LogP contribution in [0.3, 0.4) is 0 Å². The van der Waals surface area contributed by atoms with Crippen molar-refractivity contribution in [1.82, 2.24) is 15.1 Å². The van der Waals surface area contributed by atoms with Crippen LogP contribution in [-0.2, 0) is 22.5 Å². The van der Waals surface area contributed by atoms with E-state index in [1.807, 2.05) is 0 Å². The summed E-state index contributed by atoms with van der Waals surface area (Å²) in [5.41, 5.74) is 1.93. The van der Waals surface area contributed by atoms with Gasteiger partial charge in [0.05, 0.1) is 13.2 Å². The third kappa shape index (κ3) is 4.03. The first-order valence-electron chi connectivity index (χ1n) is 8.29. The maximum absolute atomic E-state index is 13.2. The molecule has 130 valence electrons. The molecular formula is C17H22FN3O3. The molecule has 0 unspecified atom stereocenters. The molecule has 0 atom stereocenters. The van der Waals surface area contributed by atoms with E-state index in [0.29, 0.717) is 58.8 Å². The van der Waals surface area contributed by atoms with Crippen LogP contribution in [0.15, 0.2) is 18.2 Å². The average Bonchev–Trinajstić information content (AvgIpc) is 2.61. The lowest BCUT2D eigenvalue weighted by molar-refractivity contribution is -0.135. The average molecular weight is 335 g/mol. The van der Waals surface area contributed by atoms with Crippen molar-refractivity contribution in [3.8, 4) is 0 Å². The number of urea groups is 1. The Morgan fingerprint density at radius 3 is 2.71 bits per heavy atom. The largest absolute Gasteiger partial charge is 0.378 e. The van der Waals surface area contributed by atoms with E-state index in [1.165, 1.54) is 12.1 Å². The Bertz CT molecular complexity index is 617. The summed E-state index contributed by atoms with van der Waals surface area (Å²) in [5.74, 6) is -0.202. The predicted molar refractivity (Wildman–Crippen MR) is 85.9 cm³/mol. The van der Waals surface area contributed by atoms with Crippen LogP contribution in [0.2, 0.25) is 0 Å². The second-order valence-electron chi connectivity index (χ2n) is 6.06. The maximum atomic E-state index is 13.2. The molecule has 0 aromatic heterocycles. The Morgan fingerprint density at radius 2 is 1.92 bits per heavy atom. The lowest BCUT2D eigenvalue weighted by Gasteiger charge is -2.29. The lowest BCUT2D eigenvalue weighted by atomic mass is 10.00. The van der Waals surface area contributed by atoms with Crippen LogP contribution in [0.25, 0.3) is 0 Å². The zero-order valence-corrected chi connectivity index (χ0v) is 13.6. The van der Waals surface area contributed by atoms with Crippen LogP contribution in [0.1, 0.15) is 17.5 Å². The van der Waals surface area contributed by atoms with Gasteiger partial charge in [-0.2, -0.15) is 0 Å². The fraction of sp³-hybridized carbons (Fsp3) is 0.529. The molecule has 0 saturated carbocycles. The van der Waals surface area contributed by atoms with Crippen LogP contribution in [0.5, 0.6) is 0 Å². The zero-order valence-electron chi connectivity index (χ0n) is 13.6. The van der Waals surface area contributed by atoms with Gasteiger partial charge in [0.15, 0.2) is 0 Å². The SMILES string of the molecule is O=C(CCNC(=O)N1CCc2cc(F)ccc2C1)N1CCOCC1. The molecule has 1 N–H and O–H groups in total. The molecule has 1 fully saturated rings. The van der Waals surface area contributed by atoms with E-state index < -0.39 is 0 Å². The van der Waals surface area contributed by atoms with Crippen LogP contribution in [0.4, 0.5) is 9.18 Å². The molecule has 3 rings (SSSR count). The van der Waals surface area contributed by atoms with Crippen molar-refractivity contribution in [2.75, 3.05) is 39.4 Å². The van der Waals surface area contributed by atoms with Gasteiger partial charge in [0.1, 0.15) is 5.82 Å². The summed E-state index contributed by atoms with van der Waals surface area (Å²) in [5, 5.41) is 2.80. The number of rotatable bonds is 3. The highest BCUT2D eigenvalue weighted by molar-refractivity contribution is 5.78. The second-order valence-corrected chi connectivity index (χ2v) is 6.06. The molecule has 7 heteroatoms. The van der Waals surface area contributed by atoms with Gasteiger partial charge in [-0.15, -0.1) is 0 Å². The van der Waals surface area contributed by atoms with Gasteiger partial charge in [-0.3, -0.25) is 4.79 Å². The topological polar surface area (TPSA) is 61.9 Å². The van der Waals surface area contributed by atoms with E-state index in [-0.39, 0.29) is 17.8 Å². The Kier molecular flexibility index (Phi) is 5.30. The van der Waals surface area contributed by atoms with Crippen molar-refractivity contribution in [3.05, 3.63) is 35.1 Å². The van der Waals surface area contributed by atoms with Gasteiger partial charge in [0.25, 0.3) is 0 Å². The van der Waals surface area contributed by atoms with Crippen molar-refractivity contribution in [2.45, 2.75) is 19.4 Å². The smallest absolute Gasteiger partial charge is 0.317 e. The van der Waals surface area contributed by atoms with Crippen LogP contribution in [0, 0.1) is 5.82 Å². The van der Waals surface area contributed by atoms with Crippen molar-refractivity contribution in [1.29, 1.82) is 0 Å². The Labute approximate surface area is 140 Å². The summed E-state index contributed by atoms with van der Waals surface area (Å²) in [4.78, 5) is 27.7. The van der Waals surface area contributed by atoms with Gasteiger partial charge in [-0.25, -0.2) is 9.18 Å². The van der Waals surface area contributed by atoms with Crippen LogP contribution in [-0.4, -0.2) is 61.1 Å². The van der Waals surface area contributed by atoms with Gasteiger partial charge in [-0.1, -0.05) is 6.07 Å². The number of morpholine rings is 1. The molecule has 0 spiro atoms. The number of ether oxygens (including phenoxy) is 1. The number of amides is 3. The summed E-state index contributed by atoms with van der Waals surface area (Å²) in [6.45, 7) is 3.73. The predicted octanol–water partition coefficient (Wildman–Crippen LogP) is 1.14. The summed E-state index contributed by atoms with van der Waals surface area (Å²) in [6.07, 6.45) is 0.939. The number of nitrogens with one attached hydrogen (secondary N) is 1. The van der Waals surface area contributed by atoms with Gasteiger partial charge in [-0.05, 0) is 29.7 Å². The Hall–Kier alpha value is -2.15. The van der Waals surface area contributed by atoms with E-state index in [1.54, 1.807) is 15.9 Å². The van der Waals surface area contributed by atoms with Crippen LogP contribution < -0.4 is 5.32 Å². The molecule has 0 bridgehead atoms. The van der Waals surface area contributed by atoms with Crippen molar-refractivity contribution in [2.24, 2.45) is 0 Å². The monoisotopic (exact) mass is 335 g/mol. The number of nitrogens with zero attached hydrogens (tertiary/aromatic N) is 2. The number of hydrogen-bond acceptors (Lipinski definition) is 3. The van der Waals surface area contributed by atoms with Crippen LogP contribution >= 0.6 is 0 Å². The molecule has 0 aliphatic carbocycles. The molecule has 2 aliphatic rings. The third-order valence-electron chi connectivity index (χ3n) is 4.45. The van der Waals surface area contributed by atoms with E-state index in [4.69, 9.17) is 4.74 Å². The molecule has 3 amide bonds. The van der Waals surface area contributed by atoms with Crippen molar-refractivity contribution >= 4 is 11.9 Å². The first-order valence-corrected chi connectivity index (χ1v) is 8.29. The number of halogens is 1. The highest BCUT2D eigenvalue weighted by Gasteiger charge is 2.21. The van der Waals surface area contributed by atoms with Gasteiger partial charge >= 0.3 is 6.03 Å². The molecule has 2 aliphatic heterocycles. The maximum Gasteiger partial charge on any atom is 0.317 e. The first-order chi connectivity index (χ1) is 11.6. The van der Waals surface area contributed by atoms with Crippen molar-refractivity contribution in [3.63, 3.8) is 0 Å². The summed E-state index contributed by atoms with van der Waals surface area (Å²) >= 11 is 0. The third-order valence-corrected chi connectivity index (χ3v) is 4.45. The molecular weight excluding hydrogens is 313 g/mol. The molecule has 1 aromatic rings. The van der Waals surface area contributed by atoms with Gasteiger partial charge < -0.3 is 19.9 Å². The molecule has 6 nitrogen and oxygen atoms in total. The number of fused-ring (bicyclic) bond motifs is 1. The molecule has 1 aromatic carbocycles. The zero-order chi connectivity index (χ0) is 16.9. The van der Waals surface area contributed by atoms with E-state index >= 15 is 0 Å². The fourth-order valence-corrected chi connectivity index (χ4v) is 3.05. The second kappa shape index (κ2) is 7.61. The summed E-state index contributed by atoms with van der Waals surface area (Å²) in [7, 11) is 0. The lowest BCUT2D eigenvalue weighted by Crippen LogP contribution is -2.45. The summed E-state index contributed by atoms with van der Waals surface area (Å²) in [6, 6.07) is 4.50. The quantitative estimate of drug-likeness (QED) is 0.901. The normalized spacial score (nSPS) is 17.4. The Morgan fingerprint density at radius 1 is 1.12 bits per heavy atom. The standard InChI is InChI=1S/C17H22FN3O3/c18-15-2-1-14-12-21(6-4-13(14)11-15)17(23)19-5-3-16(22)20-7-9-24-10-8-20/h1-2,11H,3-10,12H2,(H,19,23). The molecule has 24 heavy (non-hydrogen) atoms. The first kappa shape index (κ1) is 16.7. The molecule has 1 saturated heterocycles. The fourth-order valence-electron chi connectivity index (χ4n) is 3.05. The minimum Gasteiger partial charge on any atom is -0.378 e. The van der Waals surface area contributed by atoms with E-state index in [2.05, 4.69) is 5.32 Å². The summed E-state index contributed by atoms with van der Waals surface area (Å²) < 4.78 is 18.4. The molecule has 0 radical (unpaired) electrons. The van der Waals surface area contributed by atoms with Gasteiger partial charge in [0.2, 0.25) is 5.91 Å². The minimum atomic E-state index is -0.242. The van der Waals surface area contributed by atoms with Gasteiger partial charge in [0, 0.05) is 39.1 Å². The van der Waals surface area contributed by atoms with E-state index in [9.17, 15) is 14.0 Å². The minimum absolute atomic E-state index is 0.0399. The number of benzene rings is 1. The number of carbonyl (C=O) groups is 2. The number of hydrogen-bond donors (Lipinski definition) is 1. The highest BCUT2D eigenvalue weighted by atomic mass is 19.1. The number of carbonyl (C=O) groups excluding carboxylic acids is 2. The Balaban J connectivity index is 1.44. The van der Waals surface area contributed by atoms with E-state index in [0.717, 1.165) is 11.1 Å². The molecule has 2 heterocycles. The highest BCUT2D eigenvalue weighted by Crippen LogP contribution is 2.19.